The molecule has 4 aromatic rings. The Labute approximate surface area is 187 Å². The van der Waals surface area contributed by atoms with E-state index in [-0.39, 0.29) is 5.75 Å². The number of hydrogen-bond acceptors (Lipinski definition) is 4. The van der Waals surface area contributed by atoms with Crippen LogP contribution in [0.2, 0.25) is 10.0 Å². The van der Waals surface area contributed by atoms with E-state index < -0.39 is 0 Å². The second-order valence-corrected chi connectivity index (χ2v) is 8.49. The van der Waals surface area contributed by atoms with Crippen LogP contribution in [0.25, 0.3) is 22.6 Å². The highest BCUT2D eigenvalue weighted by atomic mass is 79.9. The molecule has 0 fully saturated rings. The summed E-state index contributed by atoms with van der Waals surface area (Å²) in [6.45, 7) is 0. The van der Waals surface area contributed by atoms with Crippen molar-refractivity contribution in [3.63, 3.8) is 0 Å². The number of rotatable bonds is 3. The summed E-state index contributed by atoms with van der Waals surface area (Å²) in [5.41, 5.74) is 3.12. The van der Waals surface area contributed by atoms with Crippen LogP contribution in [0.15, 0.2) is 66.9 Å². The molecule has 0 spiro atoms. The molecule has 0 aliphatic heterocycles. The van der Waals surface area contributed by atoms with Gasteiger partial charge in [-0.3, -0.25) is 4.99 Å². The van der Waals surface area contributed by atoms with Crippen LogP contribution in [0.1, 0.15) is 5.56 Å². The summed E-state index contributed by atoms with van der Waals surface area (Å²) in [7, 11) is 0. The van der Waals surface area contributed by atoms with E-state index in [0.29, 0.717) is 48.3 Å². The quantitative estimate of drug-likeness (QED) is 0.270. The number of aromatic nitrogens is 1. The van der Waals surface area contributed by atoms with Gasteiger partial charge in [0.05, 0.1) is 20.7 Å². The van der Waals surface area contributed by atoms with E-state index in [2.05, 4.69) is 41.8 Å². The summed E-state index contributed by atoms with van der Waals surface area (Å²) < 4.78 is 7.21. The molecule has 28 heavy (non-hydrogen) atoms. The normalized spacial score (nSPS) is 11.6. The fourth-order valence-electron chi connectivity index (χ4n) is 2.60. The molecule has 1 aromatic heterocycles. The molecule has 3 aromatic carbocycles. The van der Waals surface area contributed by atoms with Crippen molar-refractivity contribution in [2.75, 3.05) is 0 Å². The highest BCUT2D eigenvalue weighted by Gasteiger charge is 2.13. The van der Waals surface area contributed by atoms with Crippen LogP contribution in [0, 0.1) is 0 Å². The molecule has 0 atom stereocenters. The Morgan fingerprint density at radius 2 is 1.86 bits per heavy atom. The number of benzene rings is 3. The molecule has 0 bridgehead atoms. The monoisotopic (exact) mass is 538 g/mol. The number of oxazole rings is 1. The molecule has 4 nitrogen and oxygen atoms in total. The summed E-state index contributed by atoms with van der Waals surface area (Å²) in [5, 5.41) is 11.2. The number of nitrogens with zero attached hydrogens (tertiary/aromatic N) is 2. The Hall–Kier alpha value is -1.86. The maximum absolute atomic E-state index is 10.1. The van der Waals surface area contributed by atoms with Gasteiger partial charge in [0.15, 0.2) is 5.58 Å². The Morgan fingerprint density at radius 3 is 2.68 bits per heavy atom. The van der Waals surface area contributed by atoms with Crippen molar-refractivity contribution in [2.45, 2.75) is 0 Å². The van der Waals surface area contributed by atoms with Gasteiger partial charge in [-0.2, -0.15) is 0 Å². The van der Waals surface area contributed by atoms with Gasteiger partial charge in [0.25, 0.3) is 0 Å². The minimum Gasteiger partial charge on any atom is -0.506 e. The number of phenols is 1. The minimum absolute atomic E-state index is 0.118. The van der Waals surface area contributed by atoms with Crippen LogP contribution in [0.3, 0.4) is 0 Å². The molecule has 8 heteroatoms. The van der Waals surface area contributed by atoms with Crippen LogP contribution in [-0.4, -0.2) is 16.3 Å². The van der Waals surface area contributed by atoms with Gasteiger partial charge in [-0.25, -0.2) is 4.98 Å². The van der Waals surface area contributed by atoms with Crippen molar-refractivity contribution in [3.05, 3.63) is 73.1 Å². The highest BCUT2D eigenvalue weighted by Crippen LogP contribution is 2.34. The molecule has 0 unspecified atom stereocenters. The smallest absolute Gasteiger partial charge is 0.228 e. The molecule has 0 aliphatic rings. The molecular formula is C20H10Br2Cl2N2O2. The zero-order valence-corrected chi connectivity index (χ0v) is 18.6. The molecule has 0 radical (unpaired) electrons. The number of hydrogen-bond donors (Lipinski definition) is 1. The molecule has 4 rings (SSSR count). The van der Waals surface area contributed by atoms with Crippen LogP contribution >= 0.6 is 55.1 Å². The second-order valence-electron chi connectivity index (χ2n) is 5.88. The van der Waals surface area contributed by atoms with Gasteiger partial charge in [0.1, 0.15) is 11.3 Å². The minimum atomic E-state index is 0.118. The number of aliphatic imine (C=N–C) groups is 1. The maximum Gasteiger partial charge on any atom is 0.228 e. The Balaban J connectivity index is 1.70. The largest absolute Gasteiger partial charge is 0.506 e. The third-order valence-corrected chi connectivity index (χ3v) is 5.57. The Kier molecular flexibility index (Phi) is 5.47. The first-order valence-electron chi connectivity index (χ1n) is 7.99. The van der Waals surface area contributed by atoms with Crippen molar-refractivity contribution in [1.82, 2.24) is 4.98 Å². The van der Waals surface area contributed by atoms with Crippen LogP contribution < -0.4 is 0 Å². The summed E-state index contributed by atoms with van der Waals surface area (Å²) in [6.07, 6.45) is 1.58. The van der Waals surface area contributed by atoms with E-state index >= 15 is 0 Å². The highest BCUT2D eigenvalue weighted by molar-refractivity contribution is 9.11. The number of phenolic OH excluding ortho intramolecular Hbond substituents is 1. The fraction of sp³-hybridized carbons (Fsp3) is 0. The van der Waals surface area contributed by atoms with Crippen molar-refractivity contribution >= 4 is 78.1 Å². The first kappa shape index (κ1) is 19.5. The fourth-order valence-corrected chi connectivity index (χ4v) is 4.23. The lowest BCUT2D eigenvalue weighted by molar-refractivity contribution is 0.471. The zero-order valence-electron chi connectivity index (χ0n) is 14.0. The van der Waals surface area contributed by atoms with E-state index in [1.807, 2.05) is 0 Å². The number of aromatic hydroxyl groups is 1. The summed E-state index contributed by atoms with van der Waals surface area (Å²) in [6, 6.07) is 14.0. The lowest BCUT2D eigenvalue weighted by Gasteiger charge is -2.02. The predicted octanol–water partition coefficient (Wildman–Crippen LogP) is 7.78. The van der Waals surface area contributed by atoms with E-state index in [1.165, 1.54) is 0 Å². The topological polar surface area (TPSA) is 58.6 Å². The van der Waals surface area contributed by atoms with Crippen LogP contribution in [0.5, 0.6) is 5.75 Å². The number of fused-ring (bicyclic) bond motifs is 1. The van der Waals surface area contributed by atoms with Crippen LogP contribution in [-0.2, 0) is 0 Å². The Morgan fingerprint density at radius 1 is 1.04 bits per heavy atom. The predicted molar refractivity (Wildman–Crippen MR) is 120 cm³/mol. The molecule has 0 aliphatic carbocycles. The van der Waals surface area contributed by atoms with Gasteiger partial charge >= 0.3 is 0 Å². The van der Waals surface area contributed by atoms with E-state index in [4.69, 9.17) is 27.6 Å². The first-order valence-corrected chi connectivity index (χ1v) is 10.3. The zero-order chi connectivity index (χ0) is 19.8. The SMILES string of the molecule is Oc1c(Br)cc(Br)cc1C=Nc1ccc2oc(-c3cc(Cl)ccc3Cl)nc2c1. The van der Waals surface area contributed by atoms with Crippen molar-refractivity contribution in [3.8, 4) is 17.2 Å². The average Bonchev–Trinajstić information content (AvgIpc) is 3.08. The van der Waals surface area contributed by atoms with Crippen molar-refractivity contribution in [1.29, 1.82) is 0 Å². The van der Waals surface area contributed by atoms with Crippen LogP contribution in [0.4, 0.5) is 5.69 Å². The molecule has 1 heterocycles. The van der Waals surface area contributed by atoms with Gasteiger partial charge in [-0.1, -0.05) is 39.1 Å². The third-order valence-electron chi connectivity index (χ3n) is 3.94. The van der Waals surface area contributed by atoms with Crippen molar-refractivity contribution < 1.29 is 9.52 Å². The molecule has 140 valence electrons. The summed E-state index contributed by atoms with van der Waals surface area (Å²) >= 11 is 19.0. The molecule has 0 saturated carbocycles. The summed E-state index contributed by atoms with van der Waals surface area (Å²) in [5.74, 6) is 0.504. The lowest BCUT2D eigenvalue weighted by atomic mass is 10.2. The van der Waals surface area contributed by atoms with Gasteiger partial charge < -0.3 is 9.52 Å². The molecule has 0 amide bonds. The van der Waals surface area contributed by atoms with Gasteiger partial charge in [0.2, 0.25) is 5.89 Å². The third kappa shape index (κ3) is 3.96. The van der Waals surface area contributed by atoms with Crippen molar-refractivity contribution in [2.24, 2.45) is 4.99 Å². The van der Waals surface area contributed by atoms with Gasteiger partial charge in [-0.05, 0) is 64.5 Å². The van der Waals surface area contributed by atoms with E-state index in [9.17, 15) is 5.11 Å². The lowest BCUT2D eigenvalue weighted by Crippen LogP contribution is -1.84. The summed E-state index contributed by atoms with van der Waals surface area (Å²) in [4.78, 5) is 8.93. The average molecular weight is 541 g/mol. The first-order chi connectivity index (χ1) is 13.4. The van der Waals surface area contributed by atoms with Gasteiger partial charge in [-0.15, -0.1) is 0 Å². The molecule has 0 saturated heterocycles. The standard InChI is InChI=1S/C20H10Br2Cl2N2O2/c21-11-5-10(19(27)15(22)6-11)9-25-13-2-4-18-17(8-13)26-20(28-18)14-7-12(23)1-3-16(14)24/h1-9,27H. The van der Waals surface area contributed by atoms with E-state index in [1.54, 1.807) is 54.7 Å². The van der Waals surface area contributed by atoms with E-state index in [0.717, 1.165) is 4.47 Å². The molecule has 1 N–H and O–H groups in total. The second kappa shape index (κ2) is 7.87. The molecular weight excluding hydrogens is 531 g/mol. The number of halogens is 4. The maximum atomic E-state index is 10.1. The van der Waals surface area contributed by atoms with Gasteiger partial charge in [0, 0.05) is 21.3 Å². The Bertz CT molecular complexity index is 1240.